The lowest BCUT2D eigenvalue weighted by Crippen LogP contribution is -2.08. The molecular formula is C21H17ClN2O3S. The number of nitrogens with one attached hydrogen (secondary N) is 1. The number of carbonyl (C=O) groups excluding carboxylic acids is 1. The Morgan fingerprint density at radius 1 is 1.07 bits per heavy atom. The van der Waals surface area contributed by atoms with Gasteiger partial charge in [0.2, 0.25) is 15.7 Å². The lowest BCUT2D eigenvalue weighted by Gasteiger charge is -2.08. The van der Waals surface area contributed by atoms with Crippen LogP contribution >= 0.6 is 11.6 Å². The molecule has 1 amide bonds. The van der Waals surface area contributed by atoms with Crippen molar-refractivity contribution in [1.82, 2.24) is 4.98 Å². The lowest BCUT2D eigenvalue weighted by molar-refractivity contribution is -0.111. The highest BCUT2D eigenvalue weighted by molar-refractivity contribution is 7.91. The van der Waals surface area contributed by atoms with E-state index < -0.39 is 9.84 Å². The number of carbonyl (C=O) groups is 1. The van der Waals surface area contributed by atoms with Gasteiger partial charge in [-0.2, -0.15) is 0 Å². The molecule has 142 valence electrons. The maximum absolute atomic E-state index is 12.7. The Morgan fingerprint density at radius 2 is 1.79 bits per heavy atom. The summed E-state index contributed by atoms with van der Waals surface area (Å²) in [6.07, 6.45) is 6.32. The number of rotatable bonds is 5. The van der Waals surface area contributed by atoms with Crippen molar-refractivity contribution in [3.63, 3.8) is 0 Å². The number of nitrogens with zero attached hydrogens (tertiary/aromatic N) is 1. The largest absolute Gasteiger partial charge is 0.323 e. The number of benzene rings is 2. The molecule has 1 heterocycles. The fourth-order valence-corrected chi connectivity index (χ4v) is 3.96. The Labute approximate surface area is 168 Å². The van der Waals surface area contributed by atoms with Crippen molar-refractivity contribution in [3.05, 3.63) is 89.2 Å². The van der Waals surface area contributed by atoms with Gasteiger partial charge in [-0.25, -0.2) is 8.42 Å². The molecule has 0 saturated heterocycles. The molecule has 0 bridgehead atoms. The van der Waals surface area contributed by atoms with Crippen LogP contribution in [0.5, 0.6) is 0 Å². The molecule has 0 fully saturated rings. The van der Waals surface area contributed by atoms with Crippen LogP contribution < -0.4 is 5.32 Å². The van der Waals surface area contributed by atoms with Crippen molar-refractivity contribution in [2.45, 2.75) is 16.7 Å². The normalized spacial score (nSPS) is 11.5. The highest BCUT2D eigenvalue weighted by atomic mass is 35.5. The zero-order valence-electron chi connectivity index (χ0n) is 15.0. The van der Waals surface area contributed by atoms with Gasteiger partial charge in [0.15, 0.2) is 0 Å². The second-order valence-corrected chi connectivity index (χ2v) is 8.40. The predicted octanol–water partition coefficient (Wildman–Crippen LogP) is 4.53. The van der Waals surface area contributed by atoms with Crippen LogP contribution in [0.4, 0.5) is 5.69 Å². The summed E-state index contributed by atoms with van der Waals surface area (Å²) < 4.78 is 25.5. The summed E-state index contributed by atoms with van der Waals surface area (Å²) in [6, 6.07) is 14.2. The number of aryl methyl sites for hydroxylation is 1. The van der Waals surface area contributed by atoms with Crippen LogP contribution in [0.15, 0.2) is 82.9 Å². The second-order valence-electron chi connectivity index (χ2n) is 6.05. The molecule has 1 aromatic heterocycles. The van der Waals surface area contributed by atoms with Gasteiger partial charge in [-0.05, 0) is 66.6 Å². The van der Waals surface area contributed by atoms with E-state index in [9.17, 15) is 13.2 Å². The van der Waals surface area contributed by atoms with E-state index in [0.29, 0.717) is 10.7 Å². The smallest absolute Gasteiger partial charge is 0.248 e. The SMILES string of the molecule is Cc1ccc(S(=O)(=O)c2ccc(NC(=O)C=Cc3cccnc3)cc2)cc1Cl. The Hall–Kier alpha value is -2.96. The van der Waals surface area contributed by atoms with Crippen LogP contribution in [0, 0.1) is 6.92 Å². The van der Waals surface area contributed by atoms with Gasteiger partial charge < -0.3 is 5.32 Å². The number of sulfone groups is 1. The molecule has 0 radical (unpaired) electrons. The topological polar surface area (TPSA) is 76.1 Å². The minimum absolute atomic E-state index is 0.122. The molecule has 0 atom stereocenters. The van der Waals surface area contributed by atoms with E-state index >= 15 is 0 Å². The van der Waals surface area contributed by atoms with Crippen molar-refractivity contribution < 1.29 is 13.2 Å². The predicted molar refractivity (Wildman–Crippen MR) is 110 cm³/mol. The van der Waals surface area contributed by atoms with Crippen LogP contribution in [-0.4, -0.2) is 19.3 Å². The first-order valence-corrected chi connectivity index (χ1v) is 10.2. The minimum atomic E-state index is -3.69. The molecule has 0 aliphatic carbocycles. The van der Waals surface area contributed by atoms with Crippen LogP contribution in [0.1, 0.15) is 11.1 Å². The van der Waals surface area contributed by atoms with E-state index in [4.69, 9.17) is 11.6 Å². The van der Waals surface area contributed by atoms with Gasteiger partial charge in [0.1, 0.15) is 0 Å². The van der Waals surface area contributed by atoms with E-state index in [0.717, 1.165) is 11.1 Å². The summed E-state index contributed by atoms with van der Waals surface area (Å²) in [5.41, 5.74) is 2.09. The number of anilines is 1. The summed E-state index contributed by atoms with van der Waals surface area (Å²) in [4.78, 5) is 16.2. The molecule has 0 spiro atoms. The number of amides is 1. The molecule has 0 aliphatic heterocycles. The summed E-state index contributed by atoms with van der Waals surface area (Å²) in [5.74, 6) is -0.329. The van der Waals surface area contributed by atoms with Gasteiger partial charge in [0, 0.05) is 29.2 Å². The molecule has 5 nitrogen and oxygen atoms in total. The van der Waals surface area contributed by atoms with E-state index in [1.165, 1.54) is 30.3 Å². The fraction of sp³-hybridized carbons (Fsp3) is 0.0476. The van der Waals surface area contributed by atoms with Crippen molar-refractivity contribution in [1.29, 1.82) is 0 Å². The quantitative estimate of drug-likeness (QED) is 0.624. The van der Waals surface area contributed by atoms with Gasteiger partial charge >= 0.3 is 0 Å². The van der Waals surface area contributed by atoms with Gasteiger partial charge in [0.25, 0.3) is 0 Å². The van der Waals surface area contributed by atoms with E-state index in [1.807, 2.05) is 6.07 Å². The van der Waals surface area contributed by atoms with Crippen LogP contribution in [0.3, 0.4) is 0 Å². The molecule has 3 rings (SSSR count). The summed E-state index contributed by atoms with van der Waals surface area (Å²) in [7, 11) is -3.69. The second kappa shape index (κ2) is 8.37. The standard InChI is InChI=1S/C21H17ClN2O3S/c1-15-4-8-19(13-20(15)22)28(26,27)18-9-6-17(7-10-18)24-21(25)11-5-16-3-2-12-23-14-16/h2-14H,1H3,(H,24,25). The maximum Gasteiger partial charge on any atom is 0.248 e. The van der Waals surface area contributed by atoms with Crippen molar-refractivity contribution >= 4 is 39.1 Å². The fourth-order valence-electron chi connectivity index (χ4n) is 2.42. The first-order chi connectivity index (χ1) is 13.4. The van der Waals surface area contributed by atoms with Gasteiger partial charge in [-0.1, -0.05) is 23.7 Å². The van der Waals surface area contributed by atoms with E-state index in [-0.39, 0.29) is 15.7 Å². The molecule has 0 aliphatic rings. The van der Waals surface area contributed by atoms with Gasteiger partial charge in [0.05, 0.1) is 9.79 Å². The zero-order chi connectivity index (χ0) is 20.1. The van der Waals surface area contributed by atoms with Crippen molar-refractivity contribution in [2.75, 3.05) is 5.32 Å². The first-order valence-electron chi connectivity index (χ1n) is 8.37. The number of halogens is 1. The van der Waals surface area contributed by atoms with Gasteiger partial charge in [-0.3, -0.25) is 9.78 Å². The summed E-state index contributed by atoms with van der Waals surface area (Å²) >= 11 is 6.04. The molecule has 7 heteroatoms. The molecular weight excluding hydrogens is 396 g/mol. The Morgan fingerprint density at radius 3 is 2.43 bits per heavy atom. The number of hydrogen-bond acceptors (Lipinski definition) is 4. The van der Waals surface area contributed by atoms with Crippen molar-refractivity contribution in [2.24, 2.45) is 0 Å². The average Bonchev–Trinajstić information content (AvgIpc) is 2.69. The molecule has 28 heavy (non-hydrogen) atoms. The first kappa shape index (κ1) is 19.8. The van der Waals surface area contributed by atoms with Crippen LogP contribution in [-0.2, 0) is 14.6 Å². The third-order valence-electron chi connectivity index (χ3n) is 4.00. The molecule has 2 aromatic carbocycles. The summed E-state index contributed by atoms with van der Waals surface area (Å²) in [5, 5.41) is 3.08. The van der Waals surface area contributed by atoms with Crippen molar-refractivity contribution in [3.8, 4) is 0 Å². The number of hydrogen-bond donors (Lipinski definition) is 1. The number of pyridine rings is 1. The third kappa shape index (κ3) is 4.65. The molecule has 3 aromatic rings. The molecule has 1 N–H and O–H groups in total. The Bertz CT molecular complexity index is 1130. The monoisotopic (exact) mass is 412 g/mol. The third-order valence-corrected chi connectivity index (χ3v) is 6.17. The zero-order valence-corrected chi connectivity index (χ0v) is 16.5. The Kier molecular flexibility index (Phi) is 5.92. The molecule has 0 saturated carbocycles. The van der Waals surface area contributed by atoms with Gasteiger partial charge in [-0.15, -0.1) is 0 Å². The van der Waals surface area contributed by atoms with E-state index in [2.05, 4.69) is 10.3 Å². The minimum Gasteiger partial charge on any atom is -0.323 e. The van der Waals surface area contributed by atoms with Crippen LogP contribution in [0.2, 0.25) is 5.02 Å². The Balaban J connectivity index is 1.73. The van der Waals surface area contributed by atoms with E-state index in [1.54, 1.807) is 49.7 Å². The number of aromatic nitrogens is 1. The summed E-state index contributed by atoms with van der Waals surface area (Å²) in [6.45, 7) is 1.80. The average molecular weight is 413 g/mol. The highest BCUT2D eigenvalue weighted by Gasteiger charge is 2.18. The highest BCUT2D eigenvalue weighted by Crippen LogP contribution is 2.26. The molecule has 0 unspecified atom stereocenters. The maximum atomic E-state index is 12.7. The lowest BCUT2D eigenvalue weighted by atomic mass is 10.2. The van der Waals surface area contributed by atoms with Crippen LogP contribution in [0.25, 0.3) is 6.08 Å².